The van der Waals surface area contributed by atoms with Crippen LogP contribution in [0.2, 0.25) is 0 Å². The fraction of sp³-hybridized carbons (Fsp3) is 0.769. The van der Waals surface area contributed by atoms with Crippen molar-refractivity contribution >= 4 is 0 Å². The lowest BCUT2D eigenvalue weighted by molar-refractivity contribution is 0.159. The molecular weight excluding hydrogens is 198 g/mol. The van der Waals surface area contributed by atoms with Gasteiger partial charge in [-0.2, -0.15) is 0 Å². The summed E-state index contributed by atoms with van der Waals surface area (Å²) in [6.45, 7) is 6.83. The number of nitrogens with two attached hydrogens (primary N) is 1. The largest absolute Gasteiger partial charge is 0.330 e. The van der Waals surface area contributed by atoms with Crippen LogP contribution in [0.3, 0.4) is 0 Å². The van der Waals surface area contributed by atoms with Gasteiger partial charge in [-0.1, -0.05) is 20.8 Å². The fourth-order valence-corrected chi connectivity index (χ4v) is 2.79. The topological polar surface area (TPSA) is 43.8 Å². The van der Waals surface area contributed by atoms with E-state index in [1.807, 2.05) is 6.20 Å². The average Bonchev–Trinajstić information content (AvgIpc) is 2.69. The third-order valence-corrected chi connectivity index (χ3v) is 3.83. The maximum absolute atomic E-state index is 6.27. The van der Waals surface area contributed by atoms with Crippen molar-refractivity contribution in [3.63, 3.8) is 0 Å². The Morgan fingerprint density at radius 1 is 1.56 bits per heavy atom. The monoisotopic (exact) mass is 221 g/mol. The minimum atomic E-state index is 0.285. The molecule has 1 heterocycles. The van der Waals surface area contributed by atoms with Crippen LogP contribution in [0.1, 0.15) is 51.9 Å². The Kier molecular flexibility index (Phi) is 3.06. The molecule has 1 aliphatic rings. The number of hydrogen-bond donors (Lipinski definition) is 1. The summed E-state index contributed by atoms with van der Waals surface area (Å²) in [5.41, 5.74) is 6.68. The van der Waals surface area contributed by atoms with E-state index >= 15 is 0 Å². The van der Waals surface area contributed by atoms with E-state index in [9.17, 15) is 0 Å². The van der Waals surface area contributed by atoms with Crippen LogP contribution in [-0.4, -0.2) is 15.6 Å². The smallest absolute Gasteiger partial charge is 0.108 e. The summed E-state index contributed by atoms with van der Waals surface area (Å²) in [6, 6.07) is 0.716. The summed E-state index contributed by atoms with van der Waals surface area (Å²) in [6.07, 6.45) is 8.49. The van der Waals surface area contributed by atoms with Gasteiger partial charge in [-0.3, -0.25) is 0 Å². The number of hydrogen-bond acceptors (Lipinski definition) is 2. The van der Waals surface area contributed by atoms with E-state index in [0.29, 0.717) is 11.5 Å². The van der Waals surface area contributed by atoms with E-state index < -0.39 is 0 Å². The lowest BCUT2D eigenvalue weighted by atomic mass is 9.73. The first-order valence-corrected chi connectivity index (χ1v) is 6.31. The van der Waals surface area contributed by atoms with Crippen LogP contribution in [0.5, 0.6) is 0 Å². The van der Waals surface area contributed by atoms with E-state index in [1.165, 1.54) is 6.42 Å². The molecule has 1 aliphatic carbocycles. The molecule has 1 aromatic heterocycles. The van der Waals surface area contributed by atoms with Crippen molar-refractivity contribution in [2.45, 2.75) is 58.5 Å². The molecule has 0 amide bonds. The van der Waals surface area contributed by atoms with E-state index in [1.54, 1.807) is 0 Å². The second kappa shape index (κ2) is 4.21. The number of imidazole rings is 1. The van der Waals surface area contributed by atoms with Gasteiger partial charge in [-0.15, -0.1) is 0 Å². The second-order valence-electron chi connectivity index (χ2n) is 5.74. The van der Waals surface area contributed by atoms with Gasteiger partial charge in [0.15, 0.2) is 0 Å². The van der Waals surface area contributed by atoms with Crippen LogP contribution < -0.4 is 5.73 Å². The van der Waals surface area contributed by atoms with E-state index in [2.05, 4.69) is 36.5 Å². The highest BCUT2D eigenvalue weighted by Crippen LogP contribution is 2.40. The Labute approximate surface area is 98.1 Å². The first-order valence-electron chi connectivity index (χ1n) is 6.31. The van der Waals surface area contributed by atoms with Gasteiger partial charge in [0.05, 0.1) is 6.04 Å². The van der Waals surface area contributed by atoms with Crippen LogP contribution in [0, 0.1) is 5.41 Å². The van der Waals surface area contributed by atoms with Crippen LogP contribution in [0.25, 0.3) is 0 Å². The molecule has 0 radical (unpaired) electrons. The molecule has 0 saturated heterocycles. The second-order valence-corrected chi connectivity index (χ2v) is 5.74. The van der Waals surface area contributed by atoms with Gasteiger partial charge >= 0.3 is 0 Å². The predicted octanol–water partition coefficient (Wildman–Crippen LogP) is 2.52. The molecule has 90 valence electrons. The Morgan fingerprint density at radius 2 is 2.31 bits per heavy atom. The van der Waals surface area contributed by atoms with E-state index in [-0.39, 0.29) is 6.04 Å². The highest BCUT2D eigenvalue weighted by atomic mass is 15.1. The van der Waals surface area contributed by atoms with Gasteiger partial charge in [-0.05, 0) is 24.7 Å². The maximum atomic E-state index is 6.27. The number of aryl methyl sites for hydroxylation is 1. The Bertz CT molecular complexity index is 354. The summed E-state index contributed by atoms with van der Waals surface area (Å²) in [5.74, 6) is 1.16. The van der Waals surface area contributed by atoms with Gasteiger partial charge in [-0.25, -0.2) is 4.98 Å². The van der Waals surface area contributed by atoms with Crippen LogP contribution in [0.4, 0.5) is 0 Å². The Hall–Kier alpha value is -0.830. The number of rotatable bonds is 2. The fourth-order valence-electron chi connectivity index (χ4n) is 2.79. The molecule has 16 heavy (non-hydrogen) atoms. The van der Waals surface area contributed by atoms with Crippen LogP contribution in [-0.2, 0) is 6.42 Å². The SMILES string of the molecule is CCc1nccn1C1CC(C)(C)CCC1N. The minimum Gasteiger partial charge on any atom is -0.330 e. The zero-order chi connectivity index (χ0) is 11.8. The molecule has 2 N–H and O–H groups in total. The van der Waals surface area contributed by atoms with Gasteiger partial charge in [0.2, 0.25) is 0 Å². The molecule has 2 unspecified atom stereocenters. The van der Waals surface area contributed by atoms with Crippen molar-refractivity contribution in [1.29, 1.82) is 0 Å². The van der Waals surface area contributed by atoms with Crippen LogP contribution >= 0.6 is 0 Å². The maximum Gasteiger partial charge on any atom is 0.108 e. The summed E-state index contributed by atoms with van der Waals surface area (Å²) in [7, 11) is 0. The normalized spacial score (nSPS) is 29.2. The van der Waals surface area contributed by atoms with E-state index in [0.717, 1.165) is 25.1 Å². The molecule has 3 nitrogen and oxygen atoms in total. The first-order chi connectivity index (χ1) is 7.53. The molecule has 0 spiro atoms. The summed E-state index contributed by atoms with van der Waals surface area (Å²) in [5, 5.41) is 0. The van der Waals surface area contributed by atoms with Crippen molar-refractivity contribution in [3.05, 3.63) is 18.2 Å². The minimum absolute atomic E-state index is 0.285. The van der Waals surface area contributed by atoms with Crippen molar-refractivity contribution in [2.75, 3.05) is 0 Å². The molecule has 1 fully saturated rings. The Balaban J connectivity index is 2.24. The van der Waals surface area contributed by atoms with Crippen molar-refractivity contribution in [1.82, 2.24) is 9.55 Å². The molecule has 0 aromatic carbocycles. The molecule has 1 saturated carbocycles. The third-order valence-electron chi connectivity index (χ3n) is 3.83. The molecule has 1 aromatic rings. The molecule has 3 heteroatoms. The summed E-state index contributed by atoms with van der Waals surface area (Å²) >= 11 is 0. The summed E-state index contributed by atoms with van der Waals surface area (Å²) in [4.78, 5) is 4.40. The average molecular weight is 221 g/mol. The van der Waals surface area contributed by atoms with Gasteiger partial charge in [0.25, 0.3) is 0 Å². The Morgan fingerprint density at radius 3 is 3.00 bits per heavy atom. The third kappa shape index (κ3) is 2.14. The highest BCUT2D eigenvalue weighted by molar-refractivity contribution is 5.00. The summed E-state index contributed by atoms with van der Waals surface area (Å²) < 4.78 is 2.30. The zero-order valence-electron chi connectivity index (χ0n) is 10.6. The van der Waals surface area contributed by atoms with Gasteiger partial charge < -0.3 is 10.3 Å². The molecule has 2 atom stereocenters. The predicted molar refractivity (Wildman–Crippen MR) is 66.2 cm³/mol. The molecular formula is C13H23N3. The quantitative estimate of drug-likeness (QED) is 0.834. The lowest BCUT2D eigenvalue weighted by Gasteiger charge is -2.40. The standard InChI is InChI=1S/C13H23N3/c1-4-12-15-7-8-16(12)11-9-13(2,3)6-5-10(11)14/h7-8,10-11H,4-6,9,14H2,1-3H3. The van der Waals surface area contributed by atoms with Gasteiger partial charge in [0.1, 0.15) is 5.82 Å². The number of aromatic nitrogens is 2. The first kappa shape index (κ1) is 11.6. The lowest BCUT2D eigenvalue weighted by Crippen LogP contribution is -2.40. The van der Waals surface area contributed by atoms with Crippen molar-refractivity contribution < 1.29 is 0 Å². The van der Waals surface area contributed by atoms with Crippen molar-refractivity contribution in [2.24, 2.45) is 11.1 Å². The van der Waals surface area contributed by atoms with Crippen molar-refractivity contribution in [3.8, 4) is 0 Å². The molecule has 0 aliphatic heterocycles. The van der Waals surface area contributed by atoms with E-state index in [4.69, 9.17) is 5.73 Å². The zero-order valence-corrected chi connectivity index (χ0v) is 10.6. The molecule has 0 bridgehead atoms. The number of nitrogens with zero attached hydrogens (tertiary/aromatic N) is 2. The molecule has 2 rings (SSSR count). The van der Waals surface area contributed by atoms with Crippen LogP contribution in [0.15, 0.2) is 12.4 Å². The highest BCUT2D eigenvalue weighted by Gasteiger charge is 2.34. The van der Waals surface area contributed by atoms with Gasteiger partial charge in [0, 0.05) is 24.9 Å².